The summed E-state index contributed by atoms with van der Waals surface area (Å²) in [4.78, 5) is 0. The van der Waals surface area contributed by atoms with Crippen molar-refractivity contribution in [1.82, 2.24) is 0 Å². The van der Waals surface area contributed by atoms with E-state index in [1.54, 1.807) is 11.1 Å². The minimum Gasteiger partial charge on any atom is -1.00 e. The van der Waals surface area contributed by atoms with Gasteiger partial charge in [0.1, 0.15) is 0 Å². The number of rotatable bonds is 0. The van der Waals surface area contributed by atoms with Gasteiger partial charge in [-0.2, -0.15) is 0 Å². The average Bonchev–Trinajstić information content (AvgIpc) is 2.07. The third-order valence-electron chi connectivity index (χ3n) is 3.04. The van der Waals surface area contributed by atoms with E-state index in [0.717, 1.165) is 0 Å². The van der Waals surface area contributed by atoms with Gasteiger partial charge in [-0.1, -0.05) is 18.1 Å². The van der Waals surface area contributed by atoms with Crippen LogP contribution in [0.3, 0.4) is 0 Å². The molecule has 1 aliphatic rings. The number of hydrogen-bond acceptors (Lipinski definition) is 0. The Hall–Kier alpha value is 0.961. The van der Waals surface area contributed by atoms with Crippen LogP contribution in [-0.2, 0) is 0 Å². The van der Waals surface area contributed by atoms with Gasteiger partial charge in [0.05, 0.1) is 0 Å². The quantitative estimate of drug-likeness (QED) is 0.556. The van der Waals surface area contributed by atoms with E-state index < -0.39 is 0 Å². The number of hydrogen-bond donors (Lipinski definition) is 0. The molecule has 1 aliphatic carbocycles. The summed E-state index contributed by atoms with van der Waals surface area (Å²) in [5, 5.41) is 0. The molecule has 0 aromatic heterocycles. The molecular formula is C10H18Sr. The molecule has 0 radical (unpaired) electrons. The van der Waals surface area contributed by atoms with Crippen molar-refractivity contribution in [2.75, 3.05) is 0 Å². The van der Waals surface area contributed by atoms with Crippen molar-refractivity contribution in [3.8, 4) is 0 Å². The first-order chi connectivity index (χ1) is 4.55. The van der Waals surface area contributed by atoms with Crippen molar-refractivity contribution in [1.29, 1.82) is 0 Å². The van der Waals surface area contributed by atoms with Crippen LogP contribution < -0.4 is 0 Å². The summed E-state index contributed by atoms with van der Waals surface area (Å²) in [6.45, 7) is 11.2. The van der Waals surface area contributed by atoms with Gasteiger partial charge in [-0.05, 0) is 44.8 Å². The fourth-order valence-electron chi connectivity index (χ4n) is 1.57. The maximum absolute atomic E-state index is 2.28. The van der Waals surface area contributed by atoms with E-state index in [-0.39, 0.29) is 48.3 Å². The topological polar surface area (TPSA) is 0 Å². The van der Waals surface area contributed by atoms with Crippen LogP contribution in [0.25, 0.3) is 0 Å². The van der Waals surface area contributed by atoms with Crippen LogP contribution in [-0.4, -0.2) is 45.5 Å². The molecule has 0 bridgehead atoms. The van der Waals surface area contributed by atoms with E-state index in [0.29, 0.717) is 5.92 Å². The van der Waals surface area contributed by atoms with Crippen molar-refractivity contribution >= 4 is 45.5 Å². The maximum Gasteiger partial charge on any atom is 2.00 e. The molecule has 0 saturated carbocycles. The predicted octanol–water partition coefficient (Wildman–Crippen LogP) is 3.15. The van der Waals surface area contributed by atoms with Crippen molar-refractivity contribution in [2.45, 2.75) is 34.6 Å². The summed E-state index contributed by atoms with van der Waals surface area (Å²) in [7, 11) is 0. The van der Waals surface area contributed by atoms with Gasteiger partial charge in [-0.25, -0.2) is 0 Å². The Balaban J connectivity index is -0.000000333. The van der Waals surface area contributed by atoms with Gasteiger partial charge < -0.3 is 2.85 Å². The molecule has 0 heterocycles. The molecule has 0 amide bonds. The van der Waals surface area contributed by atoms with Crippen LogP contribution in [0, 0.1) is 5.92 Å². The molecule has 0 unspecified atom stereocenters. The Morgan fingerprint density at radius 3 is 1.27 bits per heavy atom. The van der Waals surface area contributed by atoms with Crippen molar-refractivity contribution in [3.05, 3.63) is 22.3 Å². The Bertz CT molecular complexity index is 205. The Morgan fingerprint density at radius 1 is 0.909 bits per heavy atom. The van der Waals surface area contributed by atoms with Crippen LogP contribution in [0.4, 0.5) is 0 Å². The van der Waals surface area contributed by atoms with Gasteiger partial charge in [0.25, 0.3) is 0 Å². The van der Waals surface area contributed by atoms with E-state index >= 15 is 0 Å². The fourth-order valence-corrected chi connectivity index (χ4v) is 1.57. The SMILES string of the molecule is CC1=C(C)C(C)C(C)=C1C.[H-].[H-].[Sr+2]. The summed E-state index contributed by atoms with van der Waals surface area (Å²) in [5.41, 5.74) is 6.11. The van der Waals surface area contributed by atoms with Crippen LogP contribution in [0.15, 0.2) is 22.3 Å². The van der Waals surface area contributed by atoms with Gasteiger partial charge >= 0.3 is 45.5 Å². The van der Waals surface area contributed by atoms with Crippen LogP contribution in [0.5, 0.6) is 0 Å². The Kier molecular flexibility index (Phi) is 4.64. The maximum atomic E-state index is 2.28. The minimum absolute atomic E-state index is 0. The molecule has 1 rings (SSSR count). The summed E-state index contributed by atoms with van der Waals surface area (Å²) in [5.74, 6) is 0.694. The Labute approximate surface area is 110 Å². The molecule has 60 valence electrons. The summed E-state index contributed by atoms with van der Waals surface area (Å²) < 4.78 is 0. The molecule has 0 fully saturated rings. The zero-order valence-electron chi connectivity index (χ0n) is 10.3. The monoisotopic (exact) mass is 226 g/mol. The molecular weight excluding hydrogens is 208 g/mol. The van der Waals surface area contributed by atoms with Crippen LogP contribution >= 0.6 is 0 Å². The third-order valence-corrected chi connectivity index (χ3v) is 3.04. The molecule has 0 atom stereocenters. The van der Waals surface area contributed by atoms with Gasteiger partial charge in [0, 0.05) is 0 Å². The van der Waals surface area contributed by atoms with Crippen LogP contribution in [0.2, 0.25) is 0 Å². The molecule has 0 aliphatic heterocycles. The van der Waals surface area contributed by atoms with Crippen molar-refractivity contribution < 1.29 is 2.85 Å². The standard InChI is InChI=1S/C10H16.Sr.2H/c1-6-7(2)9(4)10(5)8(6)3;;;/h6H,1-5H3;;;/q;+2;2*-1. The van der Waals surface area contributed by atoms with E-state index in [4.69, 9.17) is 0 Å². The molecule has 0 spiro atoms. The van der Waals surface area contributed by atoms with E-state index in [2.05, 4.69) is 34.6 Å². The van der Waals surface area contributed by atoms with Gasteiger partial charge in [0.15, 0.2) is 0 Å². The fraction of sp³-hybridized carbons (Fsp3) is 0.600. The molecule has 0 aromatic carbocycles. The molecule has 1 heteroatoms. The zero-order chi connectivity index (χ0) is 7.89. The summed E-state index contributed by atoms with van der Waals surface area (Å²) in [6.07, 6.45) is 0. The predicted molar refractivity (Wildman–Crippen MR) is 53.9 cm³/mol. The summed E-state index contributed by atoms with van der Waals surface area (Å²) >= 11 is 0. The Morgan fingerprint density at radius 2 is 1.18 bits per heavy atom. The first-order valence-electron chi connectivity index (χ1n) is 3.90. The first-order valence-corrected chi connectivity index (χ1v) is 3.90. The van der Waals surface area contributed by atoms with Gasteiger partial charge in [-0.3, -0.25) is 0 Å². The van der Waals surface area contributed by atoms with Crippen molar-refractivity contribution in [3.63, 3.8) is 0 Å². The first kappa shape index (κ1) is 12.0. The third kappa shape index (κ3) is 2.00. The van der Waals surface area contributed by atoms with Crippen molar-refractivity contribution in [2.24, 2.45) is 5.92 Å². The molecule has 11 heavy (non-hydrogen) atoms. The second-order valence-electron chi connectivity index (χ2n) is 3.34. The molecule has 0 saturated heterocycles. The van der Waals surface area contributed by atoms with Gasteiger partial charge in [0.2, 0.25) is 0 Å². The zero-order valence-corrected chi connectivity index (χ0v) is 11.8. The van der Waals surface area contributed by atoms with Gasteiger partial charge in [-0.15, -0.1) is 0 Å². The smallest absolute Gasteiger partial charge is 1.00 e. The average molecular weight is 226 g/mol. The van der Waals surface area contributed by atoms with E-state index in [1.165, 1.54) is 11.1 Å². The second kappa shape index (κ2) is 4.27. The van der Waals surface area contributed by atoms with E-state index in [9.17, 15) is 0 Å². The second-order valence-corrected chi connectivity index (χ2v) is 3.34. The molecule has 0 nitrogen and oxygen atoms in total. The minimum atomic E-state index is 0. The normalized spacial score (nSPS) is 19.4. The largest absolute Gasteiger partial charge is 2.00 e. The molecule has 0 aromatic rings. The van der Waals surface area contributed by atoms with E-state index in [1.807, 2.05) is 0 Å². The van der Waals surface area contributed by atoms with Crippen LogP contribution in [0.1, 0.15) is 37.5 Å². The summed E-state index contributed by atoms with van der Waals surface area (Å²) in [6, 6.07) is 0. The molecule has 0 N–H and O–H groups in total. The number of allylic oxidation sites excluding steroid dienone is 4.